The fourth-order valence-corrected chi connectivity index (χ4v) is 3.73. The highest BCUT2D eigenvalue weighted by atomic mass is 16.6. The van der Waals surface area contributed by atoms with Gasteiger partial charge in [0, 0.05) is 41.5 Å². The van der Waals surface area contributed by atoms with Crippen LogP contribution in [0.2, 0.25) is 0 Å². The van der Waals surface area contributed by atoms with Gasteiger partial charge in [0.2, 0.25) is 0 Å². The van der Waals surface area contributed by atoms with Crippen molar-refractivity contribution in [3.05, 3.63) is 63.2 Å². The molecule has 0 spiro atoms. The van der Waals surface area contributed by atoms with E-state index in [2.05, 4.69) is 10.6 Å². The summed E-state index contributed by atoms with van der Waals surface area (Å²) in [5, 5.41) is 17.4. The Kier molecular flexibility index (Phi) is 6.69. The van der Waals surface area contributed by atoms with Crippen molar-refractivity contribution in [3.8, 4) is 5.75 Å². The molecule has 0 aliphatic heterocycles. The minimum atomic E-state index is -0.423. The van der Waals surface area contributed by atoms with Crippen molar-refractivity contribution >= 4 is 17.3 Å². The van der Waals surface area contributed by atoms with E-state index in [-0.39, 0.29) is 17.6 Å². The third-order valence-electron chi connectivity index (χ3n) is 5.37. The van der Waals surface area contributed by atoms with Crippen LogP contribution in [0.5, 0.6) is 5.75 Å². The lowest BCUT2D eigenvalue weighted by Crippen LogP contribution is -2.36. The number of nitrogens with zero attached hydrogens (tertiary/aromatic N) is 1. The maximum absolute atomic E-state index is 12.5. The van der Waals surface area contributed by atoms with Crippen LogP contribution in [-0.2, 0) is 6.54 Å². The molecule has 2 N–H and O–H groups in total. The number of hydrogen-bond donors (Lipinski definition) is 2. The van der Waals surface area contributed by atoms with Gasteiger partial charge in [-0.2, -0.15) is 0 Å². The minimum Gasteiger partial charge on any atom is -0.496 e. The maximum Gasteiger partial charge on any atom is 0.270 e. The largest absolute Gasteiger partial charge is 0.496 e. The normalized spacial score (nSPS) is 14.3. The van der Waals surface area contributed by atoms with Gasteiger partial charge in [0.15, 0.2) is 0 Å². The van der Waals surface area contributed by atoms with Crippen LogP contribution in [0.1, 0.15) is 53.6 Å². The number of nitro benzene ring substituents is 1. The van der Waals surface area contributed by atoms with Crippen LogP contribution in [0.25, 0.3) is 0 Å². The van der Waals surface area contributed by atoms with Gasteiger partial charge in [-0.3, -0.25) is 14.9 Å². The van der Waals surface area contributed by atoms with Crippen molar-refractivity contribution in [2.24, 2.45) is 0 Å². The van der Waals surface area contributed by atoms with Gasteiger partial charge >= 0.3 is 0 Å². The predicted molar refractivity (Wildman–Crippen MR) is 112 cm³/mol. The molecular weight excluding hydrogens is 370 g/mol. The van der Waals surface area contributed by atoms with Crippen molar-refractivity contribution in [2.45, 2.75) is 51.6 Å². The van der Waals surface area contributed by atoms with Crippen molar-refractivity contribution in [1.29, 1.82) is 0 Å². The lowest BCUT2D eigenvalue weighted by molar-refractivity contribution is -0.384. The first-order valence-corrected chi connectivity index (χ1v) is 9.94. The number of aryl methyl sites for hydroxylation is 1. The molecule has 2 aromatic carbocycles. The summed E-state index contributed by atoms with van der Waals surface area (Å²) in [6, 6.07) is 10.3. The molecule has 1 amide bonds. The van der Waals surface area contributed by atoms with E-state index in [1.54, 1.807) is 12.1 Å². The molecular formula is C22H27N3O4. The number of ether oxygens (including phenoxy) is 1. The second-order valence-electron chi connectivity index (χ2n) is 7.44. The summed E-state index contributed by atoms with van der Waals surface area (Å²) in [7, 11) is 1.54. The lowest BCUT2D eigenvalue weighted by atomic mass is 9.95. The zero-order valence-electron chi connectivity index (χ0n) is 16.9. The zero-order valence-corrected chi connectivity index (χ0v) is 16.9. The van der Waals surface area contributed by atoms with Crippen LogP contribution in [0, 0.1) is 17.0 Å². The predicted octanol–water partition coefficient (Wildman–Crippen LogP) is 4.59. The number of non-ortho nitro benzene ring substituents is 1. The highest BCUT2D eigenvalue weighted by Gasteiger charge is 2.17. The van der Waals surface area contributed by atoms with Crippen molar-refractivity contribution in [2.75, 3.05) is 12.4 Å². The molecule has 7 nitrogen and oxygen atoms in total. The van der Waals surface area contributed by atoms with Crippen molar-refractivity contribution in [3.63, 3.8) is 0 Å². The van der Waals surface area contributed by atoms with E-state index in [1.807, 2.05) is 19.1 Å². The van der Waals surface area contributed by atoms with E-state index >= 15 is 0 Å². The second-order valence-corrected chi connectivity index (χ2v) is 7.44. The summed E-state index contributed by atoms with van der Waals surface area (Å²) >= 11 is 0. The van der Waals surface area contributed by atoms with E-state index in [4.69, 9.17) is 4.74 Å². The maximum atomic E-state index is 12.5. The summed E-state index contributed by atoms with van der Waals surface area (Å²) in [5.41, 5.74) is 3.17. The molecule has 2 aromatic rings. The fraction of sp³-hybridized carbons (Fsp3) is 0.409. The summed E-state index contributed by atoms with van der Waals surface area (Å²) in [6.45, 7) is 2.31. The van der Waals surface area contributed by atoms with Gasteiger partial charge in [-0.05, 0) is 49.6 Å². The van der Waals surface area contributed by atoms with Gasteiger partial charge in [0.25, 0.3) is 11.6 Å². The van der Waals surface area contributed by atoms with Gasteiger partial charge in [-0.25, -0.2) is 0 Å². The fourth-order valence-electron chi connectivity index (χ4n) is 3.73. The average molecular weight is 397 g/mol. The number of benzene rings is 2. The summed E-state index contributed by atoms with van der Waals surface area (Å²) < 4.78 is 5.31. The first-order chi connectivity index (χ1) is 14.0. The van der Waals surface area contributed by atoms with E-state index in [0.29, 0.717) is 23.4 Å². The molecule has 0 heterocycles. The number of rotatable bonds is 7. The van der Waals surface area contributed by atoms with Crippen molar-refractivity contribution in [1.82, 2.24) is 5.32 Å². The summed E-state index contributed by atoms with van der Waals surface area (Å²) in [6.07, 6.45) is 5.70. The minimum absolute atomic E-state index is 0.0223. The highest BCUT2D eigenvalue weighted by Crippen LogP contribution is 2.26. The number of anilines is 1. The molecule has 0 saturated heterocycles. The van der Waals surface area contributed by atoms with Crippen LogP contribution in [0.4, 0.5) is 11.4 Å². The van der Waals surface area contributed by atoms with Gasteiger partial charge < -0.3 is 15.4 Å². The van der Waals surface area contributed by atoms with Crippen LogP contribution in [0.15, 0.2) is 36.4 Å². The van der Waals surface area contributed by atoms with Crippen LogP contribution >= 0.6 is 0 Å². The van der Waals surface area contributed by atoms with Crippen LogP contribution < -0.4 is 15.4 Å². The highest BCUT2D eigenvalue weighted by molar-refractivity contribution is 5.95. The monoisotopic (exact) mass is 397 g/mol. The summed E-state index contributed by atoms with van der Waals surface area (Å²) in [5.74, 6) is 0.552. The Bertz CT molecular complexity index is 892. The number of hydrogen-bond acceptors (Lipinski definition) is 5. The molecule has 0 radical (unpaired) electrons. The van der Waals surface area contributed by atoms with Crippen molar-refractivity contribution < 1.29 is 14.5 Å². The number of carbonyl (C=O) groups is 1. The molecule has 1 fully saturated rings. The van der Waals surface area contributed by atoms with Crippen LogP contribution in [-0.4, -0.2) is 24.0 Å². The molecule has 1 aliphatic rings. The quantitative estimate of drug-likeness (QED) is 0.527. The Morgan fingerprint density at radius 3 is 2.59 bits per heavy atom. The second kappa shape index (κ2) is 9.41. The number of nitrogens with one attached hydrogen (secondary N) is 2. The number of amides is 1. The smallest absolute Gasteiger partial charge is 0.270 e. The molecule has 0 bridgehead atoms. The van der Waals surface area contributed by atoms with Gasteiger partial charge in [-0.15, -0.1) is 0 Å². The Morgan fingerprint density at radius 2 is 1.93 bits per heavy atom. The summed E-state index contributed by atoms with van der Waals surface area (Å²) in [4.78, 5) is 23.1. The average Bonchev–Trinajstić information content (AvgIpc) is 2.73. The third kappa shape index (κ3) is 5.25. The third-order valence-corrected chi connectivity index (χ3v) is 5.37. The Morgan fingerprint density at radius 1 is 1.17 bits per heavy atom. The Hall–Kier alpha value is -3.09. The zero-order chi connectivity index (χ0) is 20.8. The molecule has 0 atom stereocenters. The number of nitro groups is 1. The Labute approximate surface area is 170 Å². The molecule has 29 heavy (non-hydrogen) atoms. The lowest BCUT2D eigenvalue weighted by Gasteiger charge is -2.23. The standard InChI is InChI=1S/C22H27N3O4/c1-15-12-16(22(26)24-18-6-4-3-5-7-18)8-10-20(15)23-14-17-13-19(25(27)28)9-11-21(17)29-2/h8-13,18,23H,3-7,14H2,1-2H3,(H,24,26). The first-order valence-electron chi connectivity index (χ1n) is 9.94. The molecule has 154 valence electrons. The molecule has 0 aromatic heterocycles. The van der Waals surface area contributed by atoms with E-state index in [0.717, 1.165) is 24.1 Å². The van der Waals surface area contributed by atoms with Crippen LogP contribution in [0.3, 0.4) is 0 Å². The Balaban J connectivity index is 1.67. The topological polar surface area (TPSA) is 93.5 Å². The molecule has 1 saturated carbocycles. The number of methoxy groups -OCH3 is 1. The van der Waals surface area contributed by atoms with E-state index in [1.165, 1.54) is 38.5 Å². The van der Waals surface area contributed by atoms with Gasteiger partial charge in [-0.1, -0.05) is 19.3 Å². The number of carbonyl (C=O) groups excluding carboxylic acids is 1. The van der Waals surface area contributed by atoms with Gasteiger partial charge in [0.05, 0.1) is 12.0 Å². The molecule has 7 heteroatoms. The molecule has 3 rings (SSSR count). The van der Waals surface area contributed by atoms with E-state index in [9.17, 15) is 14.9 Å². The molecule has 0 unspecified atom stereocenters. The SMILES string of the molecule is COc1ccc([N+](=O)[O-])cc1CNc1ccc(C(=O)NC2CCCCC2)cc1C. The van der Waals surface area contributed by atoms with E-state index < -0.39 is 4.92 Å². The molecule has 1 aliphatic carbocycles. The van der Waals surface area contributed by atoms with Gasteiger partial charge in [0.1, 0.15) is 5.75 Å². The first kappa shape index (κ1) is 20.6.